The summed E-state index contributed by atoms with van der Waals surface area (Å²) in [4.78, 5) is 54.7. The van der Waals surface area contributed by atoms with Gasteiger partial charge < -0.3 is 29.5 Å². The van der Waals surface area contributed by atoms with Gasteiger partial charge in [-0.25, -0.2) is 0 Å². The minimum atomic E-state index is -0.724. The Morgan fingerprint density at radius 1 is 1.08 bits per heavy atom. The summed E-state index contributed by atoms with van der Waals surface area (Å²) in [6, 6.07) is 12.0. The highest BCUT2D eigenvalue weighted by Crippen LogP contribution is 2.33. The van der Waals surface area contributed by atoms with Gasteiger partial charge in [-0.2, -0.15) is 0 Å². The first kappa shape index (κ1) is 25.4. The highest BCUT2D eigenvalue weighted by Gasteiger charge is 2.37. The molecule has 1 N–H and O–H groups in total. The number of nitrogens with one attached hydrogen (secondary N) is 1. The molecule has 2 aromatic rings. The second-order valence-electron chi connectivity index (χ2n) is 9.17. The molecule has 2 aliphatic heterocycles. The summed E-state index contributed by atoms with van der Waals surface area (Å²) in [5, 5.41) is 2.59. The molecule has 36 heavy (non-hydrogen) atoms. The number of likely N-dealkylation sites (N-methyl/N-ethyl adjacent to an activating group) is 2. The minimum Gasteiger partial charge on any atom is -0.489 e. The number of ether oxygens (including phenoxy) is 1. The fraction of sp³-hybridized carbons (Fsp3) is 0.407. The molecule has 0 aliphatic carbocycles. The third-order valence-electron chi connectivity index (χ3n) is 6.82. The van der Waals surface area contributed by atoms with E-state index in [0.717, 1.165) is 43.6 Å². The quantitative estimate of drug-likeness (QED) is 0.535. The maximum Gasteiger partial charge on any atom is 0.255 e. The van der Waals surface area contributed by atoms with Gasteiger partial charge in [0, 0.05) is 56.3 Å². The summed E-state index contributed by atoms with van der Waals surface area (Å²) in [7, 11) is 3.57. The Bertz CT molecular complexity index is 1130. The highest BCUT2D eigenvalue weighted by atomic mass is 16.5. The van der Waals surface area contributed by atoms with Crippen LogP contribution in [-0.4, -0.2) is 85.0 Å². The van der Waals surface area contributed by atoms with Crippen LogP contribution in [-0.2, 0) is 22.7 Å². The number of carbonyl (C=O) groups is 4. The fourth-order valence-electron chi connectivity index (χ4n) is 4.63. The topological polar surface area (TPSA) is 99.3 Å². The van der Waals surface area contributed by atoms with Crippen molar-refractivity contribution < 1.29 is 23.9 Å². The molecule has 1 saturated heterocycles. The third kappa shape index (κ3) is 5.41. The van der Waals surface area contributed by atoms with Crippen molar-refractivity contribution in [1.82, 2.24) is 20.0 Å². The number of rotatable bonds is 9. The summed E-state index contributed by atoms with van der Waals surface area (Å²) >= 11 is 0. The van der Waals surface area contributed by atoms with Gasteiger partial charge in [-0.3, -0.25) is 14.4 Å². The van der Waals surface area contributed by atoms with Crippen molar-refractivity contribution in [2.75, 3.05) is 40.3 Å². The largest absolute Gasteiger partial charge is 0.489 e. The molecule has 1 fully saturated rings. The fourth-order valence-corrected chi connectivity index (χ4v) is 4.63. The Morgan fingerprint density at radius 3 is 2.47 bits per heavy atom. The molecule has 2 aliphatic rings. The predicted molar refractivity (Wildman–Crippen MR) is 134 cm³/mol. The number of piperazine rings is 1. The molecule has 0 saturated carbocycles. The first-order valence-corrected chi connectivity index (χ1v) is 12.2. The lowest BCUT2D eigenvalue weighted by Gasteiger charge is -2.32. The highest BCUT2D eigenvalue weighted by molar-refractivity contribution is 6.01. The van der Waals surface area contributed by atoms with Crippen molar-refractivity contribution in [3.05, 3.63) is 64.7 Å². The molecule has 9 heteroatoms. The Hall–Kier alpha value is -3.72. The molecule has 3 amide bonds. The van der Waals surface area contributed by atoms with E-state index in [1.807, 2.05) is 29.2 Å². The van der Waals surface area contributed by atoms with Crippen molar-refractivity contribution in [1.29, 1.82) is 0 Å². The van der Waals surface area contributed by atoms with Crippen LogP contribution < -0.4 is 10.1 Å². The van der Waals surface area contributed by atoms with Crippen LogP contribution in [0.25, 0.3) is 0 Å². The van der Waals surface area contributed by atoms with Gasteiger partial charge in [0.1, 0.15) is 24.7 Å². The Kier molecular flexibility index (Phi) is 8.00. The van der Waals surface area contributed by atoms with E-state index < -0.39 is 6.04 Å². The Labute approximate surface area is 211 Å². The van der Waals surface area contributed by atoms with Gasteiger partial charge in [-0.15, -0.1) is 0 Å². The lowest BCUT2D eigenvalue weighted by Crippen LogP contribution is -2.47. The molecule has 2 heterocycles. The first-order valence-electron chi connectivity index (χ1n) is 12.2. The normalized spacial score (nSPS) is 16.4. The van der Waals surface area contributed by atoms with Gasteiger partial charge in [0.05, 0.1) is 6.54 Å². The maximum atomic E-state index is 13.1. The summed E-state index contributed by atoms with van der Waals surface area (Å²) in [5.74, 6) is 0.0655. The molecule has 0 radical (unpaired) electrons. The Morgan fingerprint density at radius 2 is 1.81 bits per heavy atom. The molecule has 0 aromatic heterocycles. The maximum absolute atomic E-state index is 13.1. The number of amides is 3. The number of nitrogens with zero attached hydrogens (tertiary/aromatic N) is 3. The number of carbonyl (C=O) groups excluding carboxylic acids is 4. The van der Waals surface area contributed by atoms with Crippen LogP contribution in [0.4, 0.5) is 0 Å². The van der Waals surface area contributed by atoms with Gasteiger partial charge in [0.15, 0.2) is 0 Å². The zero-order valence-electron chi connectivity index (χ0n) is 20.7. The van der Waals surface area contributed by atoms with E-state index in [-0.39, 0.29) is 43.7 Å². The average molecular weight is 493 g/mol. The molecule has 2 aromatic carbocycles. The predicted octanol–water partition coefficient (Wildman–Crippen LogP) is 1.70. The molecular formula is C27H32N4O5. The number of aldehydes is 1. The lowest BCUT2D eigenvalue weighted by molar-refractivity contribution is -0.125. The molecule has 190 valence electrons. The standard InChI is InChI=1S/C27H32N4O5/c1-28-25(33)23(6-4-16-32)31-17-22-21(27(31)35)5-3-7-24(22)36-18-19-8-10-20(11-9-19)26(34)30-14-12-29(2)13-15-30/h3,5,7-11,16,23H,4,6,12-15,17-18H2,1-2H3,(H,28,33). The number of fused-ring (bicyclic) bond motifs is 1. The van der Waals surface area contributed by atoms with E-state index >= 15 is 0 Å². The van der Waals surface area contributed by atoms with Crippen LogP contribution in [0.3, 0.4) is 0 Å². The second-order valence-corrected chi connectivity index (χ2v) is 9.17. The van der Waals surface area contributed by atoms with Crippen molar-refractivity contribution in [3.8, 4) is 5.75 Å². The number of hydrogen-bond acceptors (Lipinski definition) is 6. The smallest absolute Gasteiger partial charge is 0.255 e. The van der Waals surface area contributed by atoms with Crippen LogP contribution in [0.15, 0.2) is 42.5 Å². The van der Waals surface area contributed by atoms with Crippen LogP contribution in [0, 0.1) is 0 Å². The van der Waals surface area contributed by atoms with Crippen LogP contribution in [0.1, 0.15) is 44.7 Å². The molecule has 1 atom stereocenters. The van der Waals surface area contributed by atoms with Gasteiger partial charge in [0.2, 0.25) is 5.91 Å². The van der Waals surface area contributed by atoms with Gasteiger partial charge in [-0.05, 0) is 43.3 Å². The van der Waals surface area contributed by atoms with Crippen molar-refractivity contribution in [2.45, 2.75) is 32.0 Å². The zero-order chi connectivity index (χ0) is 25.7. The molecule has 4 rings (SSSR count). The SMILES string of the molecule is CNC(=O)C(CCC=O)N1Cc2c(OCc3ccc(C(=O)N4CCN(C)CC4)cc3)cccc2C1=O. The third-order valence-corrected chi connectivity index (χ3v) is 6.82. The second kappa shape index (κ2) is 11.3. The summed E-state index contributed by atoms with van der Waals surface area (Å²) < 4.78 is 6.07. The van der Waals surface area contributed by atoms with E-state index in [1.165, 1.54) is 11.9 Å². The van der Waals surface area contributed by atoms with E-state index in [9.17, 15) is 19.2 Å². The summed E-state index contributed by atoms with van der Waals surface area (Å²) in [6.07, 6.45) is 1.20. The minimum absolute atomic E-state index is 0.0373. The molecule has 9 nitrogen and oxygen atoms in total. The van der Waals surface area contributed by atoms with Gasteiger partial charge in [-0.1, -0.05) is 18.2 Å². The molecule has 0 bridgehead atoms. The van der Waals surface area contributed by atoms with Crippen molar-refractivity contribution in [2.24, 2.45) is 0 Å². The van der Waals surface area contributed by atoms with Crippen LogP contribution >= 0.6 is 0 Å². The van der Waals surface area contributed by atoms with Crippen molar-refractivity contribution >= 4 is 24.0 Å². The summed E-state index contributed by atoms with van der Waals surface area (Å²) in [6.45, 7) is 3.72. The average Bonchev–Trinajstić information content (AvgIpc) is 3.24. The van der Waals surface area contributed by atoms with Crippen LogP contribution in [0.5, 0.6) is 5.75 Å². The summed E-state index contributed by atoms with van der Waals surface area (Å²) in [5.41, 5.74) is 2.78. The zero-order valence-corrected chi connectivity index (χ0v) is 20.7. The first-order chi connectivity index (χ1) is 17.4. The number of benzene rings is 2. The Balaban J connectivity index is 1.42. The van der Waals surface area contributed by atoms with E-state index in [4.69, 9.17) is 4.74 Å². The van der Waals surface area contributed by atoms with E-state index in [0.29, 0.717) is 16.9 Å². The van der Waals surface area contributed by atoms with E-state index in [1.54, 1.807) is 18.2 Å². The molecular weight excluding hydrogens is 460 g/mol. The van der Waals surface area contributed by atoms with Gasteiger partial charge in [0.25, 0.3) is 11.8 Å². The monoisotopic (exact) mass is 492 g/mol. The van der Waals surface area contributed by atoms with E-state index in [2.05, 4.69) is 17.3 Å². The number of hydrogen-bond donors (Lipinski definition) is 1. The molecule has 0 spiro atoms. The molecule has 1 unspecified atom stereocenters. The van der Waals surface area contributed by atoms with Gasteiger partial charge >= 0.3 is 0 Å². The van der Waals surface area contributed by atoms with Crippen molar-refractivity contribution in [3.63, 3.8) is 0 Å². The lowest BCUT2D eigenvalue weighted by atomic mass is 10.1. The van der Waals surface area contributed by atoms with Crippen LogP contribution in [0.2, 0.25) is 0 Å².